The molecule has 1 aromatic heterocycles. The molecule has 0 radical (unpaired) electrons. The van der Waals surface area contributed by atoms with Gasteiger partial charge in [-0.1, -0.05) is 18.2 Å². The van der Waals surface area contributed by atoms with Crippen LogP contribution in [0.3, 0.4) is 0 Å². The lowest BCUT2D eigenvalue weighted by molar-refractivity contribution is -0.125. The van der Waals surface area contributed by atoms with Crippen molar-refractivity contribution < 1.29 is 4.79 Å². The Bertz CT molecular complexity index is 688. The first-order valence-electron chi connectivity index (χ1n) is 7.17. The van der Waals surface area contributed by atoms with Gasteiger partial charge in [-0.15, -0.1) is 0 Å². The predicted octanol–water partition coefficient (Wildman–Crippen LogP) is 2.39. The molecule has 1 saturated carbocycles. The summed E-state index contributed by atoms with van der Waals surface area (Å²) < 4.78 is 0. The lowest BCUT2D eigenvalue weighted by Gasteiger charge is -2.17. The van der Waals surface area contributed by atoms with Gasteiger partial charge in [-0.25, -0.2) is 4.98 Å². The Balaban J connectivity index is 1.42. The lowest BCUT2D eigenvalue weighted by atomic mass is 9.93. The van der Waals surface area contributed by atoms with Gasteiger partial charge in [0.2, 0.25) is 5.91 Å². The van der Waals surface area contributed by atoms with Crippen LogP contribution in [0.4, 0.5) is 0 Å². The number of allylic oxidation sites excluding steroid dienone is 2. The third-order valence-corrected chi connectivity index (χ3v) is 4.57. The van der Waals surface area contributed by atoms with E-state index in [2.05, 4.69) is 27.4 Å². The van der Waals surface area contributed by atoms with Crippen molar-refractivity contribution >= 4 is 16.9 Å². The van der Waals surface area contributed by atoms with E-state index in [0.29, 0.717) is 18.4 Å². The second-order valence-corrected chi connectivity index (χ2v) is 5.86. The van der Waals surface area contributed by atoms with Crippen molar-refractivity contribution in [3.8, 4) is 0 Å². The zero-order chi connectivity index (χ0) is 13.5. The van der Waals surface area contributed by atoms with E-state index in [4.69, 9.17) is 0 Å². The Hall–Kier alpha value is -2.10. The second-order valence-electron chi connectivity index (χ2n) is 5.86. The third kappa shape index (κ3) is 1.92. The molecule has 1 amide bonds. The monoisotopic (exact) mass is 267 g/mol. The molecule has 1 aromatic carbocycles. The van der Waals surface area contributed by atoms with Crippen molar-refractivity contribution in [2.45, 2.75) is 19.4 Å². The van der Waals surface area contributed by atoms with Gasteiger partial charge in [0.25, 0.3) is 0 Å². The molecule has 3 atom stereocenters. The zero-order valence-electron chi connectivity index (χ0n) is 11.2. The molecular formula is C16H17N3O. The summed E-state index contributed by atoms with van der Waals surface area (Å²) in [4.78, 5) is 19.5. The smallest absolute Gasteiger partial charge is 0.223 e. The first-order valence-corrected chi connectivity index (χ1v) is 7.17. The highest BCUT2D eigenvalue weighted by atomic mass is 16.1. The summed E-state index contributed by atoms with van der Waals surface area (Å²) in [5, 5.41) is 3.08. The molecule has 4 heteroatoms. The van der Waals surface area contributed by atoms with Crippen LogP contribution in [0.25, 0.3) is 11.0 Å². The zero-order valence-corrected chi connectivity index (χ0v) is 11.2. The number of H-pyrrole nitrogens is 1. The number of carbonyl (C=O) groups is 1. The van der Waals surface area contributed by atoms with Gasteiger partial charge in [0.15, 0.2) is 0 Å². The molecule has 2 aliphatic carbocycles. The Morgan fingerprint density at radius 1 is 1.35 bits per heavy atom. The van der Waals surface area contributed by atoms with E-state index in [0.717, 1.165) is 29.4 Å². The summed E-state index contributed by atoms with van der Waals surface area (Å²) in [6, 6.07) is 6.04. The molecule has 0 saturated heterocycles. The van der Waals surface area contributed by atoms with Gasteiger partial charge >= 0.3 is 0 Å². The van der Waals surface area contributed by atoms with Crippen molar-refractivity contribution in [2.75, 3.05) is 0 Å². The fraction of sp³-hybridized carbons (Fsp3) is 0.375. The summed E-state index contributed by atoms with van der Waals surface area (Å²) in [7, 11) is 0. The normalized spacial score (nSPS) is 27.3. The van der Waals surface area contributed by atoms with Gasteiger partial charge in [0.1, 0.15) is 0 Å². The molecule has 1 fully saturated rings. The minimum atomic E-state index is 0.181. The standard InChI is InChI=1S/C16H17N3O/c20-16(13-6-10-1-3-12(13)5-10)17-8-11-2-4-14-15(7-11)19-9-18-14/h1-4,7,9-10,12-13H,5-6,8H2,(H,17,20)(H,18,19)/t10-,12+,13+/m1/s1. The van der Waals surface area contributed by atoms with E-state index in [1.165, 1.54) is 0 Å². The molecule has 1 heterocycles. The average Bonchev–Trinajstić information content (AvgIpc) is 3.19. The van der Waals surface area contributed by atoms with E-state index in [1.54, 1.807) is 6.33 Å². The molecule has 0 aliphatic heterocycles. The molecule has 102 valence electrons. The summed E-state index contributed by atoms with van der Waals surface area (Å²) in [6.07, 6.45) is 8.36. The summed E-state index contributed by atoms with van der Waals surface area (Å²) in [5.41, 5.74) is 3.08. The number of nitrogens with zero attached hydrogens (tertiary/aromatic N) is 1. The van der Waals surface area contributed by atoms with Gasteiger partial charge in [-0.05, 0) is 42.4 Å². The molecule has 0 unspecified atom stereocenters. The topological polar surface area (TPSA) is 57.8 Å². The fourth-order valence-electron chi connectivity index (χ4n) is 3.50. The van der Waals surface area contributed by atoms with Crippen molar-refractivity contribution in [1.29, 1.82) is 0 Å². The summed E-state index contributed by atoms with van der Waals surface area (Å²) >= 11 is 0. The number of hydrogen-bond donors (Lipinski definition) is 2. The van der Waals surface area contributed by atoms with Crippen LogP contribution in [-0.4, -0.2) is 15.9 Å². The van der Waals surface area contributed by atoms with Crippen LogP contribution in [0.15, 0.2) is 36.7 Å². The van der Waals surface area contributed by atoms with Gasteiger partial charge in [-0.2, -0.15) is 0 Å². The van der Waals surface area contributed by atoms with Gasteiger partial charge in [-0.3, -0.25) is 4.79 Å². The Morgan fingerprint density at radius 3 is 3.10 bits per heavy atom. The Kier molecular flexibility index (Phi) is 2.62. The predicted molar refractivity (Wildman–Crippen MR) is 76.8 cm³/mol. The first kappa shape index (κ1) is 11.7. The number of aromatic nitrogens is 2. The van der Waals surface area contributed by atoms with Gasteiger partial charge < -0.3 is 10.3 Å². The maximum atomic E-state index is 12.3. The third-order valence-electron chi connectivity index (χ3n) is 4.57. The molecule has 0 spiro atoms. The van der Waals surface area contributed by atoms with E-state index in [-0.39, 0.29) is 11.8 Å². The molecule has 2 bridgehead atoms. The average molecular weight is 267 g/mol. The molecule has 20 heavy (non-hydrogen) atoms. The van der Waals surface area contributed by atoms with Crippen molar-refractivity contribution in [1.82, 2.24) is 15.3 Å². The number of aromatic amines is 1. The van der Waals surface area contributed by atoms with Crippen LogP contribution in [-0.2, 0) is 11.3 Å². The Labute approximate surface area is 117 Å². The highest BCUT2D eigenvalue weighted by Gasteiger charge is 2.39. The summed E-state index contributed by atoms with van der Waals surface area (Å²) in [6.45, 7) is 0.589. The number of rotatable bonds is 3. The largest absolute Gasteiger partial charge is 0.352 e. The minimum absolute atomic E-state index is 0.181. The first-order chi connectivity index (χ1) is 9.79. The number of benzene rings is 1. The van der Waals surface area contributed by atoms with Crippen LogP contribution in [0, 0.1) is 17.8 Å². The number of nitrogens with one attached hydrogen (secondary N) is 2. The molecule has 2 aliphatic rings. The Morgan fingerprint density at radius 2 is 2.30 bits per heavy atom. The van der Waals surface area contributed by atoms with Crippen LogP contribution in [0.1, 0.15) is 18.4 Å². The highest BCUT2D eigenvalue weighted by Crippen LogP contribution is 2.43. The number of imidazole rings is 1. The quantitative estimate of drug-likeness (QED) is 0.839. The van der Waals surface area contributed by atoms with E-state index < -0.39 is 0 Å². The van der Waals surface area contributed by atoms with Gasteiger partial charge in [0, 0.05) is 12.5 Å². The number of amides is 1. The molecule has 4 rings (SSSR count). The second kappa shape index (κ2) is 4.47. The van der Waals surface area contributed by atoms with E-state index in [9.17, 15) is 4.79 Å². The van der Waals surface area contributed by atoms with E-state index >= 15 is 0 Å². The minimum Gasteiger partial charge on any atom is -0.352 e. The molecule has 2 N–H and O–H groups in total. The molecular weight excluding hydrogens is 250 g/mol. The summed E-state index contributed by atoms with van der Waals surface area (Å²) in [5.74, 6) is 1.49. The number of fused-ring (bicyclic) bond motifs is 3. The maximum Gasteiger partial charge on any atom is 0.223 e. The van der Waals surface area contributed by atoms with E-state index in [1.807, 2.05) is 18.2 Å². The SMILES string of the molecule is O=C(NCc1ccc2nc[nH]c2c1)[C@H]1C[C@@H]2C=C[C@H]1C2. The highest BCUT2D eigenvalue weighted by molar-refractivity contribution is 5.80. The van der Waals surface area contributed by atoms with Gasteiger partial charge in [0.05, 0.1) is 17.4 Å². The lowest BCUT2D eigenvalue weighted by Crippen LogP contribution is -2.32. The van der Waals surface area contributed by atoms with Crippen molar-refractivity contribution in [3.05, 3.63) is 42.2 Å². The maximum absolute atomic E-state index is 12.3. The van der Waals surface area contributed by atoms with Crippen molar-refractivity contribution in [2.24, 2.45) is 17.8 Å². The van der Waals surface area contributed by atoms with Crippen LogP contribution < -0.4 is 5.32 Å². The van der Waals surface area contributed by atoms with Crippen LogP contribution in [0.5, 0.6) is 0 Å². The number of hydrogen-bond acceptors (Lipinski definition) is 2. The number of carbonyl (C=O) groups excluding carboxylic acids is 1. The van der Waals surface area contributed by atoms with Crippen LogP contribution in [0.2, 0.25) is 0 Å². The fourth-order valence-corrected chi connectivity index (χ4v) is 3.50. The van der Waals surface area contributed by atoms with Crippen LogP contribution >= 0.6 is 0 Å². The van der Waals surface area contributed by atoms with Crippen molar-refractivity contribution in [3.63, 3.8) is 0 Å². The molecule has 4 nitrogen and oxygen atoms in total. The molecule has 2 aromatic rings.